The number of hydrogen-bond acceptors (Lipinski definition) is 6. The third-order valence-electron chi connectivity index (χ3n) is 6.32. The van der Waals surface area contributed by atoms with Gasteiger partial charge in [-0.3, -0.25) is 14.5 Å². The number of phenolic OH excluding ortho intramolecular Hbond substituents is 1. The Hall–Kier alpha value is -3.10. The summed E-state index contributed by atoms with van der Waals surface area (Å²) < 4.78 is 11.2. The van der Waals surface area contributed by atoms with E-state index in [1.807, 2.05) is 47.9 Å². The number of nitrogens with zero attached hydrogens (tertiary/aromatic N) is 3. The van der Waals surface area contributed by atoms with E-state index in [1.54, 1.807) is 17.0 Å². The maximum absolute atomic E-state index is 13.2. The lowest BCUT2D eigenvalue weighted by molar-refractivity contribution is -0.138. The van der Waals surface area contributed by atoms with Gasteiger partial charge in [0.1, 0.15) is 6.61 Å². The van der Waals surface area contributed by atoms with E-state index in [-0.39, 0.29) is 36.8 Å². The average molecular weight is 484 g/mol. The van der Waals surface area contributed by atoms with Gasteiger partial charge in [-0.15, -0.1) is 0 Å². The van der Waals surface area contributed by atoms with Gasteiger partial charge in [-0.25, -0.2) is 0 Å². The number of phenols is 1. The molecule has 0 bridgehead atoms. The molecule has 1 heterocycles. The zero-order valence-electron chi connectivity index (χ0n) is 21.0. The number of benzene rings is 2. The molecule has 1 N–H and O–H groups in total. The quantitative estimate of drug-likeness (QED) is 0.529. The van der Waals surface area contributed by atoms with Crippen molar-refractivity contribution in [2.75, 3.05) is 53.0 Å². The molecule has 2 aromatic carbocycles. The molecule has 1 aliphatic rings. The van der Waals surface area contributed by atoms with Crippen LogP contribution >= 0.6 is 0 Å². The summed E-state index contributed by atoms with van der Waals surface area (Å²) in [6, 6.07) is 15.3. The Morgan fingerprint density at radius 3 is 2.49 bits per heavy atom. The van der Waals surface area contributed by atoms with Gasteiger partial charge in [-0.2, -0.15) is 0 Å². The smallest absolute Gasteiger partial charge is 0.248 e. The fourth-order valence-corrected chi connectivity index (χ4v) is 4.35. The maximum atomic E-state index is 13.2. The molecule has 8 heteroatoms. The van der Waals surface area contributed by atoms with Gasteiger partial charge in [0.15, 0.2) is 11.5 Å². The molecule has 35 heavy (non-hydrogen) atoms. The van der Waals surface area contributed by atoms with E-state index in [0.717, 1.165) is 12.0 Å². The van der Waals surface area contributed by atoms with Crippen molar-refractivity contribution < 1.29 is 24.2 Å². The number of carbonyl (C=O) groups excluding carboxylic acids is 2. The Bertz CT molecular complexity index is 965. The molecule has 0 radical (unpaired) electrons. The van der Waals surface area contributed by atoms with Crippen molar-refractivity contribution in [1.82, 2.24) is 14.7 Å². The number of amides is 2. The lowest BCUT2D eigenvalue weighted by Gasteiger charge is -2.26. The third kappa shape index (κ3) is 7.70. The highest BCUT2D eigenvalue weighted by molar-refractivity contribution is 5.79. The molecule has 1 aliphatic heterocycles. The van der Waals surface area contributed by atoms with Crippen molar-refractivity contribution in [3.63, 3.8) is 0 Å². The monoisotopic (exact) mass is 483 g/mol. The Labute approximate surface area is 208 Å². The second-order valence-corrected chi connectivity index (χ2v) is 8.75. The lowest BCUT2D eigenvalue weighted by atomic mass is 10.1. The van der Waals surface area contributed by atoms with Crippen LogP contribution in [0.4, 0.5) is 0 Å². The first kappa shape index (κ1) is 26.5. The van der Waals surface area contributed by atoms with Gasteiger partial charge < -0.3 is 24.4 Å². The first-order valence-electron chi connectivity index (χ1n) is 12.2. The normalized spacial score (nSPS) is 16.7. The number of ether oxygens (including phenoxy) is 2. The van der Waals surface area contributed by atoms with Gasteiger partial charge in [0.05, 0.1) is 19.8 Å². The fourth-order valence-electron chi connectivity index (χ4n) is 4.35. The minimum atomic E-state index is -0.302. The SMILES string of the molecule is CCN(CC)C(=O)CO[C@@H]1CN(Cc2ccc(OC)c(O)c2)CC(=O)N(CCc2ccccc2)C1. The number of aromatic hydroxyl groups is 1. The van der Waals surface area contributed by atoms with Crippen LogP contribution in [-0.4, -0.2) is 90.7 Å². The van der Waals surface area contributed by atoms with Crippen molar-refractivity contribution in [3.05, 3.63) is 59.7 Å². The highest BCUT2D eigenvalue weighted by Crippen LogP contribution is 2.27. The highest BCUT2D eigenvalue weighted by atomic mass is 16.5. The second-order valence-electron chi connectivity index (χ2n) is 8.75. The average Bonchev–Trinajstić information content (AvgIpc) is 3.00. The summed E-state index contributed by atoms with van der Waals surface area (Å²) in [5, 5.41) is 10.2. The number of methoxy groups -OCH3 is 1. The topological polar surface area (TPSA) is 82.5 Å². The van der Waals surface area contributed by atoms with Crippen molar-refractivity contribution in [2.24, 2.45) is 0 Å². The molecule has 1 fully saturated rings. The first-order chi connectivity index (χ1) is 16.9. The van der Waals surface area contributed by atoms with Crippen LogP contribution in [0.15, 0.2) is 48.5 Å². The van der Waals surface area contributed by atoms with Crippen LogP contribution in [0.5, 0.6) is 11.5 Å². The lowest BCUT2D eigenvalue weighted by Crippen LogP contribution is -2.41. The number of rotatable bonds is 11. The Morgan fingerprint density at radius 2 is 1.83 bits per heavy atom. The van der Waals surface area contributed by atoms with Crippen LogP contribution in [0.2, 0.25) is 0 Å². The Kier molecular flexibility index (Phi) is 9.93. The maximum Gasteiger partial charge on any atom is 0.248 e. The van der Waals surface area contributed by atoms with Crippen molar-refractivity contribution in [2.45, 2.75) is 32.9 Å². The van der Waals surface area contributed by atoms with Gasteiger partial charge >= 0.3 is 0 Å². The largest absolute Gasteiger partial charge is 0.504 e. The van der Waals surface area contributed by atoms with Crippen LogP contribution in [-0.2, 0) is 27.3 Å². The molecule has 1 saturated heterocycles. The second kappa shape index (κ2) is 13.1. The van der Waals surface area contributed by atoms with Crippen molar-refractivity contribution in [3.8, 4) is 11.5 Å². The van der Waals surface area contributed by atoms with Crippen LogP contribution in [0.25, 0.3) is 0 Å². The van der Waals surface area contributed by atoms with Crippen molar-refractivity contribution >= 4 is 11.8 Å². The van der Waals surface area contributed by atoms with Gasteiger partial charge in [0.2, 0.25) is 11.8 Å². The van der Waals surface area contributed by atoms with E-state index in [4.69, 9.17) is 9.47 Å². The van der Waals surface area contributed by atoms with Gasteiger partial charge in [0, 0.05) is 39.3 Å². The third-order valence-corrected chi connectivity index (χ3v) is 6.32. The fraction of sp³-hybridized carbons (Fsp3) is 0.481. The minimum Gasteiger partial charge on any atom is -0.504 e. The molecule has 3 rings (SSSR count). The summed E-state index contributed by atoms with van der Waals surface area (Å²) in [7, 11) is 1.51. The summed E-state index contributed by atoms with van der Waals surface area (Å²) in [5.41, 5.74) is 2.04. The molecule has 0 spiro atoms. The molecule has 2 aromatic rings. The molecule has 0 saturated carbocycles. The molecule has 0 aromatic heterocycles. The van der Waals surface area contributed by atoms with Crippen LogP contribution < -0.4 is 4.74 Å². The van der Waals surface area contributed by atoms with E-state index in [1.165, 1.54) is 12.7 Å². The number of carbonyl (C=O) groups is 2. The molecule has 8 nitrogen and oxygen atoms in total. The van der Waals surface area contributed by atoms with Gasteiger partial charge in [-0.05, 0) is 43.5 Å². The molecule has 0 aliphatic carbocycles. The predicted octanol–water partition coefficient (Wildman–Crippen LogP) is 2.54. The Balaban J connectivity index is 1.71. The van der Waals surface area contributed by atoms with E-state index in [0.29, 0.717) is 45.0 Å². The van der Waals surface area contributed by atoms with Crippen molar-refractivity contribution in [1.29, 1.82) is 0 Å². The Morgan fingerprint density at radius 1 is 1.09 bits per heavy atom. The van der Waals surface area contributed by atoms with Crippen LogP contribution in [0.1, 0.15) is 25.0 Å². The van der Waals surface area contributed by atoms with E-state index < -0.39 is 0 Å². The molecule has 0 unspecified atom stereocenters. The van der Waals surface area contributed by atoms with Crippen LogP contribution in [0, 0.1) is 0 Å². The van der Waals surface area contributed by atoms with Gasteiger partial charge in [-0.1, -0.05) is 36.4 Å². The van der Waals surface area contributed by atoms with Crippen LogP contribution in [0.3, 0.4) is 0 Å². The summed E-state index contributed by atoms with van der Waals surface area (Å²) in [6.07, 6.45) is 0.452. The molecule has 1 atom stereocenters. The predicted molar refractivity (Wildman–Crippen MR) is 134 cm³/mol. The first-order valence-corrected chi connectivity index (χ1v) is 12.2. The zero-order chi connectivity index (χ0) is 25.2. The molecular formula is C27H37N3O5. The molecule has 190 valence electrons. The van der Waals surface area contributed by atoms with Gasteiger partial charge in [0.25, 0.3) is 0 Å². The summed E-state index contributed by atoms with van der Waals surface area (Å²) >= 11 is 0. The number of hydrogen-bond donors (Lipinski definition) is 1. The molecular weight excluding hydrogens is 446 g/mol. The summed E-state index contributed by atoms with van der Waals surface area (Å²) in [4.78, 5) is 31.3. The standard InChI is InChI=1S/C27H37N3O5/c1-4-29(5-2)27(33)20-35-23-17-28(16-22-11-12-25(34-3)24(31)15-22)19-26(32)30(18-23)14-13-21-9-7-6-8-10-21/h6-12,15,23,31H,4-5,13-14,16-20H2,1-3H3/t23-/m1/s1. The summed E-state index contributed by atoms with van der Waals surface area (Å²) in [5.74, 6) is 0.449. The minimum absolute atomic E-state index is 0.00970. The molecule has 2 amide bonds. The zero-order valence-corrected chi connectivity index (χ0v) is 21.0. The van der Waals surface area contributed by atoms with E-state index >= 15 is 0 Å². The van der Waals surface area contributed by atoms with E-state index in [9.17, 15) is 14.7 Å². The van der Waals surface area contributed by atoms with E-state index in [2.05, 4.69) is 12.1 Å². The number of likely N-dealkylation sites (N-methyl/N-ethyl adjacent to an activating group) is 1. The highest BCUT2D eigenvalue weighted by Gasteiger charge is 2.29. The summed E-state index contributed by atoms with van der Waals surface area (Å²) in [6.45, 7) is 7.40.